The number of allylic oxidation sites excluding steroid dienone is 1. The Balaban J connectivity index is 2.04. The molecule has 0 saturated carbocycles. The van der Waals surface area contributed by atoms with Gasteiger partial charge in [0.1, 0.15) is 0 Å². The SMILES string of the molecule is C1=CC(c2nnco2)c2cccc3cccc1c23. The Hall–Kier alpha value is -2.42. The molecule has 0 fully saturated rings. The molecule has 3 heteroatoms. The molecule has 0 radical (unpaired) electrons. The fourth-order valence-electron chi connectivity index (χ4n) is 2.63. The molecule has 0 N–H and O–H groups in total. The van der Waals surface area contributed by atoms with Gasteiger partial charge >= 0.3 is 0 Å². The van der Waals surface area contributed by atoms with Gasteiger partial charge in [-0.25, -0.2) is 0 Å². The Labute approximate surface area is 104 Å². The third kappa shape index (κ3) is 1.24. The minimum atomic E-state index is 0.0612. The quantitative estimate of drug-likeness (QED) is 0.648. The number of nitrogens with zero attached hydrogens (tertiary/aromatic N) is 2. The molecule has 3 nitrogen and oxygen atoms in total. The number of aromatic nitrogens is 2. The van der Waals surface area contributed by atoms with Crippen molar-refractivity contribution in [1.29, 1.82) is 0 Å². The van der Waals surface area contributed by atoms with Crippen LogP contribution >= 0.6 is 0 Å². The molecule has 0 aliphatic heterocycles. The van der Waals surface area contributed by atoms with Gasteiger partial charge in [0, 0.05) is 0 Å². The van der Waals surface area contributed by atoms with Crippen LogP contribution in [0.4, 0.5) is 0 Å². The highest BCUT2D eigenvalue weighted by Gasteiger charge is 2.22. The monoisotopic (exact) mass is 234 g/mol. The molecule has 0 amide bonds. The lowest BCUT2D eigenvalue weighted by molar-refractivity contribution is 0.491. The lowest BCUT2D eigenvalue weighted by Crippen LogP contribution is -2.03. The van der Waals surface area contributed by atoms with Gasteiger partial charge in [-0.2, -0.15) is 0 Å². The van der Waals surface area contributed by atoms with Crippen LogP contribution < -0.4 is 0 Å². The van der Waals surface area contributed by atoms with Gasteiger partial charge in [-0.05, 0) is 21.9 Å². The van der Waals surface area contributed by atoms with Crippen LogP contribution in [-0.2, 0) is 0 Å². The number of hydrogen-bond donors (Lipinski definition) is 0. The first kappa shape index (κ1) is 9.59. The number of rotatable bonds is 1. The van der Waals surface area contributed by atoms with E-state index in [0.29, 0.717) is 5.89 Å². The van der Waals surface area contributed by atoms with Gasteiger partial charge in [0.05, 0.1) is 5.92 Å². The van der Waals surface area contributed by atoms with Gasteiger partial charge in [0.25, 0.3) is 0 Å². The molecule has 4 rings (SSSR count). The van der Waals surface area contributed by atoms with Gasteiger partial charge in [-0.1, -0.05) is 48.6 Å². The van der Waals surface area contributed by atoms with Crippen molar-refractivity contribution in [3.8, 4) is 0 Å². The van der Waals surface area contributed by atoms with Gasteiger partial charge in [-0.15, -0.1) is 10.2 Å². The predicted octanol–water partition coefficient (Wildman–Crippen LogP) is 3.38. The second kappa shape index (κ2) is 3.53. The van der Waals surface area contributed by atoms with Crippen LogP contribution in [0.1, 0.15) is 22.9 Å². The molecule has 18 heavy (non-hydrogen) atoms. The lowest BCUT2D eigenvalue weighted by Gasteiger charge is -2.18. The molecular formula is C15H10N2O. The Bertz CT molecular complexity index is 739. The molecule has 1 aliphatic rings. The summed E-state index contributed by atoms with van der Waals surface area (Å²) in [6.45, 7) is 0. The minimum absolute atomic E-state index is 0.0612. The van der Waals surface area contributed by atoms with E-state index >= 15 is 0 Å². The highest BCUT2D eigenvalue weighted by Crippen LogP contribution is 2.37. The molecule has 0 saturated heterocycles. The molecule has 1 atom stereocenters. The van der Waals surface area contributed by atoms with Crippen LogP contribution in [0.2, 0.25) is 0 Å². The van der Waals surface area contributed by atoms with E-state index in [0.717, 1.165) is 0 Å². The maximum Gasteiger partial charge on any atom is 0.227 e. The van der Waals surface area contributed by atoms with E-state index in [9.17, 15) is 0 Å². The fourth-order valence-corrected chi connectivity index (χ4v) is 2.63. The molecule has 1 unspecified atom stereocenters. The summed E-state index contributed by atoms with van der Waals surface area (Å²) in [6.07, 6.45) is 5.62. The summed E-state index contributed by atoms with van der Waals surface area (Å²) >= 11 is 0. The minimum Gasteiger partial charge on any atom is -0.427 e. The Morgan fingerprint density at radius 3 is 2.78 bits per heavy atom. The topological polar surface area (TPSA) is 38.9 Å². The molecule has 3 aromatic rings. The maximum absolute atomic E-state index is 5.35. The molecule has 1 heterocycles. The lowest BCUT2D eigenvalue weighted by atomic mass is 9.86. The van der Waals surface area contributed by atoms with E-state index in [1.54, 1.807) is 0 Å². The molecule has 0 bridgehead atoms. The zero-order valence-corrected chi connectivity index (χ0v) is 9.58. The first-order chi connectivity index (χ1) is 8.93. The normalized spacial score (nSPS) is 17.2. The van der Waals surface area contributed by atoms with Gasteiger partial charge in [-0.3, -0.25) is 0 Å². The summed E-state index contributed by atoms with van der Waals surface area (Å²) in [5.74, 6) is 0.708. The van der Waals surface area contributed by atoms with Crippen molar-refractivity contribution in [2.24, 2.45) is 0 Å². The standard InChI is InChI=1S/C15H10N2O/c1-3-10-5-2-6-12-13(15-17-16-9-18-15)8-7-11(4-1)14(10)12/h1-9,13H. The van der Waals surface area contributed by atoms with E-state index in [1.807, 2.05) is 0 Å². The number of hydrogen-bond acceptors (Lipinski definition) is 3. The summed E-state index contributed by atoms with van der Waals surface area (Å²) in [7, 11) is 0. The highest BCUT2D eigenvalue weighted by molar-refractivity contribution is 5.95. The third-order valence-electron chi connectivity index (χ3n) is 3.42. The van der Waals surface area contributed by atoms with E-state index < -0.39 is 0 Å². The smallest absolute Gasteiger partial charge is 0.227 e. The average molecular weight is 234 g/mol. The van der Waals surface area contributed by atoms with Crippen molar-refractivity contribution in [1.82, 2.24) is 10.2 Å². The highest BCUT2D eigenvalue weighted by atomic mass is 16.4. The zero-order chi connectivity index (χ0) is 11.9. The predicted molar refractivity (Wildman–Crippen MR) is 69.1 cm³/mol. The largest absolute Gasteiger partial charge is 0.427 e. The molecular weight excluding hydrogens is 224 g/mol. The second-order valence-electron chi connectivity index (χ2n) is 4.41. The van der Waals surface area contributed by atoms with Crippen LogP contribution in [0.15, 0.2) is 53.3 Å². The van der Waals surface area contributed by atoms with E-state index in [-0.39, 0.29) is 5.92 Å². The van der Waals surface area contributed by atoms with Crippen molar-refractivity contribution in [2.45, 2.75) is 5.92 Å². The van der Waals surface area contributed by atoms with Crippen molar-refractivity contribution < 1.29 is 4.42 Å². The van der Waals surface area contributed by atoms with Crippen molar-refractivity contribution in [3.05, 3.63) is 65.9 Å². The maximum atomic E-state index is 5.35. The molecule has 0 spiro atoms. The van der Waals surface area contributed by atoms with Gasteiger partial charge in [0.2, 0.25) is 12.3 Å². The van der Waals surface area contributed by atoms with Crippen LogP contribution in [0.25, 0.3) is 16.8 Å². The van der Waals surface area contributed by atoms with Crippen LogP contribution in [0.5, 0.6) is 0 Å². The summed E-state index contributed by atoms with van der Waals surface area (Å²) in [4.78, 5) is 0. The Morgan fingerprint density at radius 1 is 1.06 bits per heavy atom. The van der Waals surface area contributed by atoms with E-state index in [2.05, 4.69) is 58.7 Å². The molecule has 2 aromatic carbocycles. The zero-order valence-electron chi connectivity index (χ0n) is 9.58. The first-order valence-electron chi connectivity index (χ1n) is 5.89. The number of benzene rings is 2. The van der Waals surface area contributed by atoms with Crippen LogP contribution in [0, 0.1) is 0 Å². The van der Waals surface area contributed by atoms with Gasteiger partial charge < -0.3 is 4.42 Å². The van der Waals surface area contributed by atoms with Crippen molar-refractivity contribution >= 4 is 16.8 Å². The summed E-state index contributed by atoms with van der Waals surface area (Å²) < 4.78 is 5.35. The van der Waals surface area contributed by atoms with E-state index in [4.69, 9.17) is 4.42 Å². The van der Waals surface area contributed by atoms with Crippen LogP contribution in [-0.4, -0.2) is 10.2 Å². The van der Waals surface area contributed by atoms with Crippen LogP contribution in [0.3, 0.4) is 0 Å². The molecule has 1 aromatic heterocycles. The molecule has 1 aliphatic carbocycles. The van der Waals surface area contributed by atoms with Gasteiger partial charge in [0.15, 0.2) is 0 Å². The Morgan fingerprint density at radius 2 is 1.94 bits per heavy atom. The first-order valence-corrected chi connectivity index (χ1v) is 5.89. The second-order valence-corrected chi connectivity index (χ2v) is 4.41. The third-order valence-corrected chi connectivity index (χ3v) is 3.42. The summed E-state index contributed by atoms with van der Waals surface area (Å²) in [6, 6.07) is 12.7. The van der Waals surface area contributed by atoms with Crippen molar-refractivity contribution in [3.63, 3.8) is 0 Å². The Kier molecular flexibility index (Phi) is 1.88. The summed E-state index contributed by atoms with van der Waals surface area (Å²) in [5.41, 5.74) is 2.48. The van der Waals surface area contributed by atoms with Crippen molar-refractivity contribution in [2.75, 3.05) is 0 Å². The van der Waals surface area contributed by atoms with E-state index in [1.165, 1.54) is 28.3 Å². The molecule has 86 valence electrons. The summed E-state index contributed by atoms with van der Waals surface area (Å²) in [5, 5.41) is 10.3. The average Bonchev–Trinajstić information content (AvgIpc) is 2.94. The fraction of sp³-hybridized carbons (Fsp3) is 0.0667.